The van der Waals surface area contributed by atoms with Gasteiger partial charge in [-0.2, -0.15) is 0 Å². The molecule has 0 saturated heterocycles. The van der Waals surface area contributed by atoms with E-state index < -0.39 is 0 Å². The fourth-order valence-corrected chi connectivity index (χ4v) is 3.08. The summed E-state index contributed by atoms with van der Waals surface area (Å²) in [6, 6.07) is 16.1. The van der Waals surface area contributed by atoms with Crippen molar-refractivity contribution in [3.8, 4) is 17.2 Å². The molecule has 0 radical (unpaired) electrons. The summed E-state index contributed by atoms with van der Waals surface area (Å²) in [5, 5.41) is 8.86. The molecule has 0 aliphatic carbocycles. The maximum absolute atomic E-state index is 5.74. The van der Waals surface area contributed by atoms with Crippen LogP contribution in [0.4, 0.5) is 0 Å². The first-order valence-electron chi connectivity index (χ1n) is 7.93. The highest BCUT2D eigenvalue weighted by molar-refractivity contribution is 7.99. The second-order valence-electron chi connectivity index (χ2n) is 5.61. The van der Waals surface area contributed by atoms with E-state index in [9.17, 15) is 0 Å². The Labute approximate surface area is 146 Å². The van der Waals surface area contributed by atoms with Gasteiger partial charge in [0.15, 0.2) is 0 Å². The summed E-state index contributed by atoms with van der Waals surface area (Å²) in [5.74, 6) is 2.35. The van der Waals surface area contributed by atoms with Gasteiger partial charge in [0, 0.05) is 11.3 Å². The molecule has 0 saturated carbocycles. The molecule has 2 aromatic carbocycles. The van der Waals surface area contributed by atoms with E-state index in [1.54, 1.807) is 11.8 Å². The second-order valence-corrected chi connectivity index (χ2v) is 6.66. The molecule has 1 heterocycles. The van der Waals surface area contributed by atoms with Gasteiger partial charge in [-0.25, -0.2) is 0 Å². The van der Waals surface area contributed by atoms with Crippen molar-refractivity contribution < 1.29 is 9.15 Å². The Hall–Kier alpha value is -2.27. The van der Waals surface area contributed by atoms with Gasteiger partial charge in [-0.3, -0.25) is 0 Å². The van der Waals surface area contributed by atoms with Crippen molar-refractivity contribution in [1.29, 1.82) is 0 Å². The van der Waals surface area contributed by atoms with Crippen molar-refractivity contribution in [3.05, 3.63) is 59.7 Å². The first kappa shape index (κ1) is 16.6. The van der Waals surface area contributed by atoms with Crippen LogP contribution < -0.4 is 4.74 Å². The highest BCUT2D eigenvalue weighted by Gasteiger charge is 2.09. The van der Waals surface area contributed by atoms with Crippen LogP contribution in [0.25, 0.3) is 11.5 Å². The van der Waals surface area contributed by atoms with Crippen molar-refractivity contribution in [2.45, 2.75) is 25.5 Å². The van der Waals surface area contributed by atoms with Gasteiger partial charge in [0.1, 0.15) is 5.75 Å². The smallest absolute Gasteiger partial charge is 0.276 e. The summed E-state index contributed by atoms with van der Waals surface area (Å²) in [5.41, 5.74) is 3.35. The van der Waals surface area contributed by atoms with Gasteiger partial charge in [0.25, 0.3) is 5.22 Å². The van der Waals surface area contributed by atoms with Gasteiger partial charge < -0.3 is 9.15 Å². The average Bonchev–Trinajstić information content (AvgIpc) is 3.04. The Morgan fingerprint density at radius 2 is 1.75 bits per heavy atom. The number of aromatic nitrogens is 2. The van der Waals surface area contributed by atoms with Crippen molar-refractivity contribution in [1.82, 2.24) is 10.2 Å². The Kier molecular flexibility index (Phi) is 5.54. The molecule has 0 spiro atoms. The zero-order valence-corrected chi connectivity index (χ0v) is 14.7. The molecular formula is C19H20N2O2S. The van der Waals surface area contributed by atoms with Gasteiger partial charge in [-0.05, 0) is 44.5 Å². The molecular weight excluding hydrogens is 320 g/mol. The molecule has 3 aromatic rings. The molecule has 24 heavy (non-hydrogen) atoms. The number of hydrogen-bond acceptors (Lipinski definition) is 5. The van der Waals surface area contributed by atoms with Crippen molar-refractivity contribution in [2.24, 2.45) is 0 Å². The summed E-state index contributed by atoms with van der Waals surface area (Å²) in [6.07, 6.45) is 0.917. The number of thioether (sulfide) groups is 1. The number of para-hydroxylation sites is 1. The first-order chi connectivity index (χ1) is 11.7. The van der Waals surface area contributed by atoms with E-state index in [2.05, 4.69) is 42.2 Å². The Morgan fingerprint density at radius 3 is 2.50 bits per heavy atom. The van der Waals surface area contributed by atoms with Gasteiger partial charge in [0.05, 0.1) is 6.61 Å². The lowest BCUT2D eigenvalue weighted by Crippen LogP contribution is -1.98. The van der Waals surface area contributed by atoms with Crippen molar-refractivity contribution in [2.75, 3.05) is 12.4 Å². The van der Waals surface area contributed by atoms with Crippen molar-refractivity contribution >= 4 is 11.8 Å². The maximum atomic E-state index is 5.74. The molecule has 0 fully saturated rings. The molecule has 0 bridgehead atoms. The topological polar surface area (TPSA) is 48.2 Å². The van der Waals surface area contributed by atoms with Crippen LogP contribution in [0.15, 0.2) is 58.2 Å². The van der Waals surface area contributed by atoms with E-state index in [-0.39, 0.29) is 0 Å². The Morgan fingerprint density at radius 1 is 1.00 bits per heavy atom. The Bertz CT molecular complexity index is 767. The summed E-state index contributed by atoms with van der Waals surface area (Å²) in [4.78, 5) is 0. The van der Waals surface area contributed by atoms with E-state index in [4.69, 9.17) is 9.15 Å². The molecule has 0 amide bonds. The monoisotopic (exact) mass is 340 g/mol. The summed E-state index contributed by atoms with van der Waals surface area (Å²) in [6.45, 7) is 4.81. The summed E-state index contributed by atoms with van der Waals surface area (Å²) in [7, 11) is 0. The first-order valence-corrected chi connectivity index (χ1v) is 8.92. The summed E-state index contributed by atoms with van der Waals surface area (Å²) >= 11 is 1.56. The molecule has 0 aliphatic rings. The van der Waals surface area contributed by atoms with E-state index in [1.807, 2.05) is 30.3 Å². The van der Waals surface area contributed by atoms with Gasteiger partial charge in [-0.1, -0.05) is 47.2 Å². The van der Waals surface area contributed by atoms with Crippen LogP contribution in [0.1, 0.15) is 17.5 Å². The minimum absolute atomic E-state index is 0.574. The van der Waals surface area contributed by atoms with Gasteiger partial charge in [0.2, 0.25) is 5.89 Å². The van der Waals surface area contributed by atoms with Crippen molar-refractivity contribution in [3.63, 3.8) is 0 Å². The van der Waals surface area contributed by atoms with Gasteiger partial charge >= 0.3 is 0 Å². The van der Waals surface area contributed by atoms with Gasteiger partial charge in [-0.15, -0.1) is 10.2 Å². The van der Waals surface area contributed by atoms with Crippen LogP contribution in [0.3, 0.4) is 0 Å². The normalized spacial score (nSPS) is 10.8. The fourth-order valence-electron chi connectivity index (χ4n) is 2.41. The largest absolute Gasteiger partial charge is 0.494 e. The predicted molar refractivity (Wildman–Crippen MR) is 96.5 cm³/mol. The molecule has 124 valence electrons. The molecule has 0 aliphatic heterocycles. The Balaban J connectivity index is 1.48. The molecule has 0 unspecified atom stereocenters. The molecule has 5 heteroatoms. The van der Waals surface area contributed by atoms with Crippen LogP contribution in [0.5, 0.6) is 5.75 Å². The van der Waals surface area contributed by atoms with E-state index in [0.717, 1.165) is 23.5 Å². The predicted octanol–water partition coefficient (Wildman–Crippen LogP) is 4.91. The van der Waals surface area contributed by atoms with Crippen LogP contribution in [0, 0.1) is 13.8 Å². The van der Waals surface area contributed by atoms with Crippen LogP contribution in [0.2, 0.25) is 0 Å². The molecule has 0 atom stereocenters. The van der Waals surface area contributed by atoms with E-state index in [1.165, 1.54) is 11.1 Å². The van der Waals surface area contributed by atoms with Crippen LogP contribution in [-0.4, -0.2) is 22.6 Å². The minimum Gasteiger partial charge on any atom is -0.494 e. The highest BCUT2D eigenvalue weighted by atomic mass is 32.2. The van der Waals surface area contributed by atoms with Crippen LogP contribution >= 0.6 is 11.8 Å². The molecule has 4 nitrogen and oxygen atoms in total. The second kappa shape index (κ2) is 8.02. The number of aryl methyl sites for hydroxylation is 2. The highest BCUT2D eigenvalue weighted by Crippen LogP contribution is 2.25. The summed E-state index contributed by atoms with van der Waals surface area (Å²) < 4.78 is 11.4. The van der Waals surface area contributed by atoms with E-state index >= 15 is 0 Å². The third-order valence-electron chi connectivity index (χ3n) is 3.40. The maximum Gasteiger partial charge on any atom is 0.276 e. The molecule has 0 N–H and O–H groups in total. The number of rotatable bonds is 7. The number of ether oxygens (including phenoxy) is 1. The van der Waals surface area contributed by atoms with E-state index in [0.29, 0.717) is 17.7 Å². The SMILES string of the molecule is Cc1cc(C)cc(-c2nnc(SCCCOc3ccccc3)o2)c1. The lowest BCUT2D eigenvalue weighted by atomic mass is 10.1. The van der Waals surface area contributed by atoms with Crippen LogP contribution in [-0.2, 0) is 0 Å². The molecule has 3 rings (SSSR count). The fraction of sp³-hybridized carbons (Fsp3) is 0.263. The zero-order chi connectivity index (χ0) is 16.8. The standard InChI is InChI=1S/C19H20N2O2S/c1-14-11-15(2)13-16(12-14)18-20-21-19(23-18)24-10-6-9-22-17-7-4-3-5-8-17/h3-5,7-8,11-13H,6,9-10H2,1-2H3. The third kappa shape index (κ3) is 4.61. The minimum atomic E-state index is 0.574. The number of benzene rings is 2. The lowest BCUT2D eigenvalue weighted by Gasteiger charge is -2.04. The zero-order valence-electron chi connectivity index (χ0n) is 13.9. The third-order valence-corrected chi connectivity index (χ3v) is 4.31. The average molecular weight is 340 g/mol. The molecule has 1 aromatic heterocycles. The number of nitrogens with zero attached hydrogens (tertiary/aromatic N) is 2. The quantitative estimate of drug-likeness (QED) is 0.451. The number of hydrogen-bond donors (Lipinski definition) is 0. The lowest BCUT2D eigenvalue weighted by molar-refractivity contribution is 0.318.